The van der Waals surface area contributed by atoms with Gasteiger partial charge in [-0.05, 0) is 66.1 Å². The first-order valence-corrected chi connectivity index (χ1v) is 17.6. The van der Waals surface area contributed by atoms with E-state index in [1.807, 2.05) is 82.3 Å². The van der Waals surface area contributed by atoms with Gasteiger partial charge in [-0.3, -0.25) is 9.59 Å². The van der Waals surface area contributed by atoms with E-state index in [2.05, 4.69) is 10.7 Å². The van der Waals surface area contributed by atoms with Crippen molar-refractivity contribution >= 4 is 32.4 Å². The highest BCUT2D eigenvalue weighted by atomic mass is 32.2. The lowest BCUT2D eigenvalue weighted by Gasteiger charge is -2.43. The molecule has 1 fully saturated rings. The van der Waals surface area contributed by atoms with Crippen LogP contribution in [0.25, 0.3) is 10.8 Å². The molecular formula is C35H49N4O5S+. The summed E-state index contributed by atoms with van der Waals surface area (Å²) in [6.45, 7) is 10.00. The Balaban J connectivity index is 1.70. The van der Waals surface area contributed by atoms with Crippen LogP contribution in [0.2, 0.25) is 0 Å². The molecule has 1 aliphatic rings. The van der Waals surface area contributed by atoms with Crippen molar-refractivity contribution in [2.75, 3.05) is 18.8 Å². The maximum absolute atomic E-state index is 14.2. The van der Waals surface area contributed by atoms with Crippen LogP contribution in [0.4, 0.5) is 0 Å². The highest BCUT2D eigenvalue weighted by Gasteiger charge is 2.48. The fourth-order valence-corrected chi connectivity index (χ4v) is 7.78. The summed E-state index contributed by atoms with van der Waals surface area (Å²) in [5.74, 6) is -1.66. The van der Waals surface area contributed by atoms with Crippen LogP contribution in [-0.4, -0.2) is 66.2 Å². The first kappa shape index (κ1) is 34.6. The molecule has 1 saturated heterocycles. The minimum atomic E-state index is -3.77. The highest BCUT2D eigenvalue weighted by molar-refractivity contribution is 7.91. The molecule has 3 N–H and O–H groups in total. The molecule has 0 bridgehead atoms. The fraction of sp³-hybridized carbons (Fsp3) is 0.486. The van der Waals surface area contributed by atoms with E-state index in [1.165, 1.54) is 5.01 Å². The molecule has 45 heavy (non-hydrogen) atoms. The maximum atomic E-state index is 14.2. The number of fused-ring (bicyclic) bond motifs is 1. The molecule has 3 aromatic carbocycles. The molecule has 3 aromatic rings. The van der Waals surface area contributed by atoms with Crippen LogP contribution in [0, 0.1) is 11.3 Å². The molecule has 0 spiro atoms. The molecule has 4 atom stereocenters. The van der Waals surface area contributed by atoms with E-state index in [-0.39, 0.29) is 29.5 Å². The third-order valence-electron chi connectivity index (χ3n) is 8.24. The molecule has 2 amide bonds. The molecule has 0 radical (unpaired) electrons. The van der Waals surface area contributed by atoms with E-state index < -0.39 is 44.0 Å². The van der Waals surface area contributed by atoms with Crippen LogP contribution in [0.5, 0.6) is 0 Å². The maximum Gasteiger partial charge on any atom is 0.287 e. The largest absolute Gasteiger partial charge is 0.306 e. The van der Waals surface area contributed by atoms with Gasteiger partial charge < -0.3 is 5.32 Å². The SMILES string of the molecule is CCC(Cc1ccccc1)N(C(=O)CC(C)(C)C)[N+](O)(C[C@@H](C)CS(=O)(=O)c1ccc2ccccc2c1)NC(=O)C1CCCN1. The van der Waals surface area contributed by atoms with Gasteiger partial charge in [0.05, 0.1) is 22.7 Å². The van der Waals surface area contributed by atoms with Crippen molar-refractivity contribution in [3.05, 3.63) is 78.4 Å². The van der Waals surface area contributed by atoms with Gasteiger partial charge in [-0.2, -0.15) is 5.21 Å². The van der Waals surface area contributed by atoms with Crippen molar-refractivity contribution in [3.8, 4) is 0 Å². The Morgan fingerprint density at radius 2 is 1.71 bits per heavy atom. The van der Waals surface area contributed by atoms with Gasteiger partial charge in [0.1, 0.15) is 0 Å². The number of hydroxylamine groups is 1. The van der Waals surface area contributed by atoms with Crippen LogP contribution in [0.3, 0.4) is 0 Å². The number of amides is 2. The highest BCUT2D eigenvalue weighted by Crippen LogP contribution is 2.28. The summed E-state index contributed by atoms with van der Waals surface area (Å²) in [4.78, 5) is 26.7. The Morgan fingerprint density at radius 1 is 1.04 bits per heavy atom. The molecule has 1 heterocycles. The predicted molar refractivity (Wildman–Crippen MR) is 176 cm³/mol. The summed E-state index contributed by atoms with van der Waals surface area (Å²) < 4.78 is 27.3. The standard InChI is InChI=1S/C35H48N4O5S/c1-6-30(21-27-13-8-7-9-14-27)38(33(40)23-35(3,4)5)39(42,37-34(41)32-17-12-20-36-32)24-26(2)25-45(43,44)31-19-18-28-15-10-11-16-29(28)22-31/h7-11,13-16,18-19,22,26,30,32,36,42H,6,12,17,20-21,23-25H2,1-5H3/p+1/t26-,30?,32?,39?/m1/s1. The van der Waals surface area contributed by atoms with Gasteiger partial charge in [0.25, 0.3) is 11.8 Å². The monoisotopic (exact) mass is 637 g/mol. The van der Waals surface area contributed by atoms with Gasteiger partial charge in [-0.1, -0.05) is 95.3 Å². The number of sulfone groups is 1. The Kier molecular flexibility index (Phi) is 11.1. The van der Waals surface area contributed by atoms with Gasteiger partial charge in [0.15, 0.2) is 16.4 Å². The zero-order valence-corrected chi connectivity index (χ0v) is 28.0. The van der Waals surface area contributed by atoms with E-state index in [0.29, 0.717) is 25.8 Å². The molecule has 0 aliphatic carbocycles. The van der Waals surface area contributed by atoms with Crippen LogP contribution >= 0.6 is 0 Å². The van der Waals surface area contributed by atoms with Crippen molar-refractivity contribution in [2.45, 2.75) is 83.7 Å². The van der Waals surface area contributed by atoms with Crippen molar-refractivity contribution in [2.24, 2.45) is 11.3 Å². The van der Waals surface area contributed by atoms with Crippen LogP contribution < -0.4 is 10.7 Å². The average Bonchev–Trinajstić information content (AvgIpc) is 3.51. The van der Waals surface area contributed by atoms with E-state index in [9.17, 15) is 23.2 Å². The van der Waals surface area contributed by atoms with Crippen molar-refractivity contribution in [1.29, 1.82) is 0 Å². The van der Waals surface area contributed by atoms with Gasteiger partial charge in [0.2, 0.25) is 0 Å². The molecule has 10 heteroatoms. The topological polar surface area (TPSA) is 116 Å². The minimum Gasteiger partial charge on any atom is -0.306 e. The number of carbonyl (C=O) groups is 2. The number of nitrogens with zero attached hydrogens (tertiary/aromatic N) is 2. The van der Waals surface area contributed by atoms with Gasteiger partial charge in [0, 0.05) is 17.2 Å². The number of hydrogen-bond donors (Lipinski definition) is 3. The van der Waals surface area contributed by atoms with Crippen molar-refractivity contribution in [1.82, 2.24) is 15.8 Å². The van der Waals surface area contributed by atoms with Crippen LogP contribution in [-0.2, 0) is 25.8 Å². The Bertz CT molecular complexity index is 1570. The lowest BCUT2D eigenvalue weighted by molar-refractivity contribution is -1.21. The van der Waals surface area contributed by atoms with Crippen molar-refractivity contribution in [3.63, 3.8) is 0 Å². The molecule has 1 aliphatic heterocycles. The van der Waals surface area contributed by atoms with E-state index in [1.54, 1.807) is 25.1 Å². The summed E-state index contributed by atoms with van der Waals surface area (Å²) in [5.41, 5.74) is 3.38. The van der Waals surface area contributed by atoms with Gasteiger partial charge in [-0.25, -0.2) is 8.42 Å². The number of hydrogen-bond acceptors (Lipinski definition) is 6. The zero-order chi connectivity index (χ0) is 32.8. The van der Waals surface area contributed by atoms with Gasteiger partial charge in [-0.15, -0.1) is 10.4 Å². The van der Waals surface area contributed by atoms with Crippen LogP contribution in [0.1, 0.15) is 65.9 Å². The van der Waals surface area contributed by atoms with E-state index in [4.69, 9.17) is 0 Å². The Morgan fingerprint density at radius 3 is 2.33 bits per heavy atom. The first-order valence-electron chi connectivity index (χ1n) is 15.9. The molecule has 0 saturated carbocycles. The molecule has 3 unspecified atom stereocenters. The summed E-state index contributed by atoms with van der Waals surface area (Å²) in [5, 5.41) is 18.8. The summed E-state index contributed by atoms with van der Waals surface area (Å²) >= 11 is 0. The second-order valence-corrected chi connectivity index (χ2v) is 15.7. The summed E-state index contributed by atoms with van der Waals surface area (Å²) in [6.07, 6.45) is 2.51. The van der Waals surface area contributed by atoms with Gasteiger partial charge >= 0.3 is 0 Å². The average molecular weight is 638 g/mol. The second-order valence-electron chi connectivity index (χ2n) is 13.7. The first-order chi connectivity index (χ1) is 21.2. The summed E-state index contributed by atoms with van der Waals surface area (Å²) in [7, 11) is -3.77. The molecule has 244 valence electrons. The van der Waals surface area contributed by atoms with E-state index >= 15 is 0 Å². The van der Waals surface area contributed by atoms with Crippen LogP contribution in [0.15, 0.2) is 77.7 Å². The van der Waals surface area contributed by atoms with Crippen molar-refractivity contribution < 1.29 is 28.1 Å². The number of benzene rings is 3. The second kappa shape index (κ2) is 14.4. The number of quaternary nitrogens is 1. The lowest BCUT2D eigenvalue weighted by atomic mass is 9.91. The summed E-state index contributed by atoms with van der Waals surface area (Å²) in [6, 6.07) is 21.4. The third-order valence-corrected chi connectivity index (χ3v) is 10.2. The fourth-order valence-electron chi connectivity index (χ4n) is 6.15. The normalized spacial score (nSPS) is 18.2. The third kappa shape index (κ3) is 9.13. The molecule has 9 nitrogen and oxygen atoms in total. The minimum absolute atomic E-state index is 0.125. The smallest absolute Gasteiger partial charge is 0.287 e. The quantitative estimate of drug-likeness (QED) is 0.170. The molecule has 4 rings (SSSR count). The predicted octanol–water partition coefficient (Wildman–Crippen LogP) is 5.44. The Labute approximate surface area is 268 Å². The lowest BCUT2D eigenvalue weighted by Crippen LogP contribution is -2.73. The molecule has 0 aromatic heterocycles. The zero-order valence-electron chi connectivity index (χ0n) is 27.2. The molecular weight excluding hydrogens is 588 g/mol. The number of nitrogens with one attached hydrogen (secondary N) is 2. The number of rotatable bonds is 13. The Hall–Kier alpha value is -3.31. The number of carbonyl (C=O) groups excluding carboxylic acids is 2. The van der Waals surface area contributed by atoms with E-state index in [0.717, 1.165) is 22.8 Å².